The van der Waals surface area contributed by atoms with Crippen molar-refractivity contribution in [2.45, 2.75) is 12.5 Å². The minimum atomic E-state index is -0.547. The van der Waals surface area contributed by atoms with E-state index in [9.17, 15) is 5.11 Å². The van der Waals surface area contributed by atoms with E-state index in [0.717, 1.165) is 6.42 Å². The fourth-order valence-corrected chi connectivity index (χ4v) is 1.46. The minimum Gasteiger partial charge on any atom is -0.380 e. The fraction of sp³-hybridized carbons (Fsp3) is 0.364. The molecule has 0 bridgehead atoms. The van der Waals surface area contributed by atoms with Gasteiger partial charge in [0.05, 0.1) is 0 Å². The van der Waals surface area contributed by atoms with Crippen LogP contribution in [0.5, 0.6) is 0 Å². The monoisotopic (exact) mass is 156 g/mol. The maximum absolute atomic E-state index is 9.51. The van der Waals surface area contributed by atoms with E-state index < -0.39 is 6.10 Å². The largest absolute Gasteiger partial charge is 0.380 e. The summed E-state index contributed by atoms with van der Waals surface area (Å²) in [5.74, 6) is 6.04. The van der Waals surface area contributed by atoms with Crippen LogP contribution in [0.15, 0.2) is 29.3 Å². The molecule has 0 aliphatic heterocycles. The average molecular weight is 156 g/mol. The van der Waals surface area contributed by atoms with Gasteiger partial charge in [-0.3, -0.25) is 0 Å². The topological polar surface area (TPSA) is 20.2 Å². The first-order valence-electron chi connectivity index (χ1n) is 3.97. The summed E-state index contributed by atoms with van der Waals surface area (Å²) in [5.41, 5.74) is 8.45. The van der Waals surface area contributed by atoms with Gasteiger partial charge in [-0.15, -0.1) is 0 Å². The SMILES string of the molecule is OC1C#CCC2C=C=C=C=CC12. The van der Waals surface area contributed by atoms with Crippen molar-refractivity contribution in [2.24, 2.45) is 11.8 Å². The van der Waals surface area contributed by atoms with Gasteiger partial charge in [0.1, 0.15) is 6.10 Å². The number of hydrogen-bond acceptors (Lipinski definition) is 1. The van der Waals surface area contributed by atoms with E-state index in [1.165, 1.54) is 0 Å². The second kappa shape index (κ2) is 2.92. The molecule has 0 aromatic carbocycles. The van der Waals surface area contributed by atoms with Crippen LogP contribution >= 0.6 is 0 Å². The molecule has 0 saturated heterocycles. The number of hydrogen-bond donors (Lipinski definition) is 1. The number of aliphatic hydroxyl groups excluding tert-OH is 1. The summed E-state index contributed by atoms with van der Waals surface area (Å²) >= 11 is 0. The maximum atomic E-state index is 9.51. The molecule has 0 amide bonds. The van der Waals surface area contributed by atoms with Gasteiger partial charge in [-0.2, -0.15) is 0 Å². The minimum absolute atomic E-state index is 0.0775. The second-order valence-corrected chi connectivity index (χ2v) is 2.96. The van der Waals surface area contributed by atoms with E-state index in [-0.39, 0.29) is 11.8 Å². The molecule has 2 rings (SSSR count). The summed E-state index contributed by atoms with van der Waals surface area (Å²) in [7, 11) is 0. The van der Waals surface area contributed by atoms with Gasteiger partial charge in [0, 0.05) is 18.3 Å². The lowest BCUT2D eigenvalue weighted by Gasteiger charge is -2.23. The number of fused-ring (bicyclic) bond motifs is 1. The van der Waals surface area contributed by atoms with Gasteiger partial charge in [-0.1, -0.05) is 23.3 Å². The van der Waals surface area contributed by atoms with Crippen molar-refractivity contribution >= 4 is 0 Å². The highest BCUT2D eigenvalue weighted by molar-refractivity contribution is 5.20. The van der Waals surface area contributed by atoms with Crippen LogP contribution in [0.4, 0.5) is 0 Å². The van der Waals surface area contributed by atoms with Crippen LogP contribution in [0.25, 0.3) is 0 Å². The van der Waals surface area contributed by atoms with Crippen LogP contribution < -0.4 is 0 Å². The Balaban J connectivity index is 2.40. The van der Waals surface area contributed by atoms with Crippen molar-refractivity contribution in [1.29, 1.82) is 0 Å². The Morgan fingerprint density at radius 1 is 1.25 bits per heavy atom. The smallest absolute Gasteiger partial charge is 0.122 e. The zero-order chi connectivity index (χ0) is 8.39. The summed E-state index contributed by atoms with van der Waals surface area (Å²) in [5, 5.41) is 9.51. The van der Waals surface area contributed by atoms with E-state index in [0.29, 0.717) is 0 Å². The third-order valence-corrected chi connectivity index (χ3v) is 2.16. The summed E-state index contributed by atoms with van der Waals surface area (Å²) in [4.78, 5) is 0. The van der Waals surface area contributed by atoms with Crippen LogP contribution in [0.1, 0.15) is 6.42 Å². The Hall–Kier alpha value is -1.40. The van der Waals surface area contributed by atoms with Crippen LogP contribution in [-0.4, -0.2) is 11.2 Å². The Morgan fingerprint density at radius 2 is 2.08 bits per heavy atom. The molecule has 58 valence electrons. The zero-order valence-corrected chi connectivity index (χ0v) is 6.54. The molecule has 1 nitrogen and oxygen atoms in total. The lowest BCUT2D eigenvalue weighted by molar-refractivity contribution is 0.158. The molecule has 0 radical (unpaired) electrons. The van der Waals surface area contributed by atoms with Crippen LogP contribution in [0, 0.1) is 23.7 Å². The van der Waals surface area contributed by atoms with Gasteiger partial charge in [-0.25, -0.2) is 0 Å². The van der Waals surface area contributed by atoms with E-state index >= 15 is 0 Å². The molecular weight excluding hydrogens is 148 g/mol. The number of aliphatic hydroxyl groups is 1. The predicted molar refractivity (Wildman–Crippen MR) is 45.1 cm³/mol. The van der Waals surface area contributed by atoms with E-state index in [1.807, 2.05) is 12.2 Å². The van der Waals surface area contributed by atoms with Gasteiger partial charge in [0.2, 0.25) is 0 Å². The van der Waals surface area contributed by atoms with Crippen molar-refractivity contribution in [3.05, 3.63) is 29.3 Å². The average Bonchev–Trinajstić information content (AvgIpc) is 2.30. The first kappa shape index (κ1) is 7.26. The Morgan fingerprint density at radius 3 is 3.00 bits per heavy atom. The second-order valence-electron chi connectivity index (χ2n) is 2.96. The highest BCUT2D eigenvalue weighted by Crippen LogP contribution is 2.25. The van der Waals surface area contributed by atoms with Crippen LogP contribution in [0.2, 0.25) is 0 Å². The highest BCUT2D eigenvalue weighted by Gasteiger charge is 2.25. The molecule has 3 atom stereocenters. The summed E-state index contributed by atoms with van der Waals surface area (Å²) in [6.07, 6.45) is 4.00. The first-order valence-corrected chi connectivity index (χ1v) is 3.97. The molecule has 2 aliphatic carbocycles. The molecule has 1 N–H and O–H groups in total. The van der Waals surface area contributed by atoms with Gasteiger partial charge in [0.25, 0.3) is 0 Å². The Bertz CT molecular complexity index is 375. The van der Waals surface area contributed by atoms with Gasteiger partial charge in [-0.05, 0) is 17.9 Å². The standard InChI is InChI=1S/C11H8O/c12-11-8-4-6-9-5-2-1-3-7-10(9)11/h5,7,9-12H,6H2. The molecule has 0 aromatic heterocycles. The molecule has 3 unspecified atom stereocenters. The van der Waals surface area contributed by atoms with Crippen molar-refractivity contribution in [2.75, 3.05) is 0 Å². The van der Waals surface area contributed by atoms with Crippen molar-refractivity contribution in [1.82, 2.24) is 0 Å². The Kier molecular flexibility index (Phi) is 1.77. The third kappa shape index (κ3) is 1.17. The van der Waals surface area contributed by atoms with Crippen molar-refractivity contribution in [3.63, 3.8) is 0 Å². The van der Waals surface area contributed by atoms with Gasteiger partial charge in [0.15, 0.2) is 0 Å². The molecule has 0 aromatic rings. The highest BCUT2D eigenvalue weighted by atomic mass is 16.3. The molecular formula is C11H8O. The lowest BCUT2D eigenvalue weighted by Crippen LogP contribution is -2.26. The summed E-state index contributed by atoms with van der Waals surface area (Å²) in [6, 6.07) is 0. The van der Waals surface area contributed by atoms with E-state index in [1.54, 1.807) is 0 Å². The van der Waals surface area contributed by atoms with Crippen molar-refractivity contribution < 1.29 is 5.11 Å². The number of allylic oxidation sites excluding steroid dienone is 1. The lowest BCUT2D eigenvalue weighted by atomic mass is 9.83. The molecule has 12 heavy (non-hydrogen) atoms. The molecule has 0 spiro atoms. The van der Waals surface area contributed by atoms with E-state index in [2.05, 4.69) is 29.0 Å². The van der Waals surface area contributed by atoms with Crippen LogP contribution in [-0.2, 0) is 0 Å². The maximum Gasteiger partial charge on any atom is 0.122 e. The van der Waals surface area contributed by atoms with E-state index in [4.69, 9.17) is 0 Å². The van der Waals surface area contributed by atoms with Crippen LogP contribution in [0.3, 0.4) is 0 Å². The fourth-order valence-electron chi connectivity index (χ4n) is 1.46. The first-order chi connectivity index (χ1) is 5.88. The molecule has 2 aliphatic rings. The summed E-state index contributed by atoms with van der Waals surface area (Å²) < 4.78 is 0. The molecule has 0 heterocycles. The molecule has 0 saturated carbocycles. The number of rotatable bonds is 0. The predicted octanol–water partition coefficient (Wildman–Crippen LogP) is 1.02. The van der Waals surface area contributed by atoms with Crippen molar-refractivity contribution in [3.8, 4) is 11.8 Å². The third-order valence-electron chi connectivity index (χ3n) is 2.16. The molecule has 0 fully saturated rings. The Labute approximate surface area is 71.4 Å². The normalized spacial score (nSPS) is 35.2. The molecule has 1 heteroatoms. The zero-order valence-electron chi connectivity index (χ0n) is 6.54. The quantitative estimate of drug-likeness (QED) is 0.410. The van der Waals surface area contributed by atoms with Gasteiger partial charge < -0.3 is 5.11 Å². The van der Waals surface area contributed by atoms with Gasteiger partial charge >= 0.3 is 0 Å². The summed E-state index contributed by atoms with van der Waals surface area (Å²) in [6.45, 7) is 0.